The Morgan fingerprint density at radius 2 is 1.54 bits per heavy atom. The third kappa shape index (κ3) is 7.79. The quantitative estimate of drug-likeness (QED) is 0.451. The smallest absolute Gasteiger partial charge is 0.408 e. The number of carbonyl (C=O) groups is 3. The third-order valence-corrected chi connectivity index (χ3v) is 6.15. The molecule has 0 aliphatic carbocycles. The molecule has 2 aromatic carbocycles. The summed E-state index contributed by atoms with van der Waals surface area (Å²) in [5, 5.41) is 15.5. The van der Waals surface area contributed by atoms with E-state index in [2.05, 4.69) is 10.6 Å². The first-order valence-corrected chi connectivity index (χ1v) is 12.6. The first-order chi connectivity index (χ1) is 17.3. The van der Waals surface area contributed by atoms with E-state index >= 15 is 0 Å². The lowest BCUT2D eigenvalue weighted by atomic mass is 9.94. The van der Waals surface area contributed by atoms with Crippen molar-refractivity contribution in [2.45, 2.75) is 79.5 Å². The Morgan fingerprint density at radius 1 is 0.973 bits per heavy atom. The van der Waals surface area contributed by atoms with Crippen molar-refractivity contribution in [2.75, 3.05) is 18.5 Å². The molecule has 0 heterocycles. The van der Waals surface area contributed by atoms with Gasteiger partial charge in [-0.1, -0.05) is 43.3 Å². The van der Waals surface area contributed by atoms with Crippen LogP contribution in [-0.4, -0.2) is 52.7 Å². The molecule has 202 valence electrons. The lowest BCUT2D eigenvalue weighted by Gasteiger charge is -2.35. The average Bonchev–Trinajstić information content (AvgIpc) is 2.80. The van der Waals surface area contributed by atoms with E-state index in [1.54, 1.807) is 20.8 Å². The van der Waals surface area contributed by atoms with E-state index in [4.69, 9.17) is 4.74 Å². The summed E-state index contributed by atoms with van der Waals surface area (Å²) in [6, 6.07) is 9.13. The molecule has 8 heteroatoms. The van der Waals surface area contributed by atoms with E-state index < -0.39 is 36.3 Å². The molecule has 3 amide bonds. The normalized spacial score (nSPS) is 12.9. The highest BCUT2D eigenvalue weighted by Crippen LogP contribution is 2.30. The van der Waals surface area contributed by atoms with Gasteiger partial charge < -0.3 is 25.4 Å². The molecule has 0 aliphatic heterocycles. The summed E-state index contributed by atoms with van der Waals surface area (Å²) in [7, 11) is 0. The number of amides is 3. The molecule has 0 bridgehead atoms. The summed E-state index contributed by atoms with van der Waals surface area (Å²) in [4.78, 5) is 41.6. The lowest BCUT2D eigenvalue weighted by molar-refractivity contribution is -0.141. The molecule has 0 saturated heterocycles. The summed E-state index contributed by atoms with van der Waals surface area (Å²) in [6.07, 6.45) is -0.256. The second-order valence-electron chi connectivity index (χ2n) is 10.4. The zero-order valence-corrected chi connectivity index (χ0v) is 23.3. The molecular formula is C29H41N3O5. The van der Waals surface area contributed by atoms with Gasteiger partial charge >= 0.3 is 6.09 Å². The Labute approximate surface area is 220 Å². The molecular weight excluding hydrogens is 470 g/mol. The monoisotopic (exact) mass is 511 g/mol. The van der Waals surface area contributed by atoms with E-state index in [1.807, 2.05) is 71.0 Å². The molecule has 8 nitrogen and oxygen atoms in total. The Balaban J connectivity index is 2.54. The number of aryl methyl sites for hydroxylation is 3. The van der Waals surface area contributed by atoms with Gasteiger partial charge in [-0.3, -0.25) is 9.59 Å². The summed E-state index contributed by atoms with van der Waals surface area (Å²) >= 11 is 0. The van der Waals surface area contributed by atoms with Gasteiger partial charge in [-0.15, -0.1) is 0 Å². The van der Waals surface area contributed by atoms with Crippen molar-refractivity contribution >= 4 is 23.6 Å². The van der Waals surface area contributed by atoms with Gasteiger partial charge in [-0.25, -0.2) is 4.79 Å². The third-order valence-electron chi connectivity index (χ3n) is 6.15. The maximum Gasteiger partial charge on any atom is 0.408 e. The maximum absolute atomic E-state index is 13.9. The average molecular weight is 512 g/mol. The predicted molar refractivity (Wildman–Crippen MR) is 145 cm³/mol. The van der Waals surface area contributed by atoms with Gasteiger partial charge in [0.05, 0.1) is 6.61 Å². The topological polar surface area (TPSA) is 108 Å². The summed E-state index contributed by atoms with van der Waals surface area (Å²) in [6.45, 7) is 14.3. The number of anilines is 1. The van der Waals surface area contributed by atoms with Crippen LogP contribution in [0, 0.1) is 27.7 Å². The van der Waals surface area contributed by atoms with Crippen LogP contribution in [-0.2, 0) is 14.3 Å². The number of aliphatic hydroxyl groups is 1. The molecule has 0 radical (unpaired) electrons. The van der Waals surface area contributed by atoms with Crippen LogP contribution in [0.3, 0.4) is 0 Å². The Hall–Kier alpha value is -3.39. The van der Waals surface area contributed by atoms with Crippen molar-refractivity contribution in [3.05, 3.63) is 64.2 Å². The summed E-state index contributed by atoms with van der Waals surface area (Å²) in [5.74, 6) is -0.945. The molecule has 0 saturated carbocycles. The van der Waals surface area contributed by atoms with E-state index in [1.165, 1.54) is 4.90 Å². The van der Waals surface area contributed by atoms with Crippen LogP contribution in [0.15, 0.2) is 36.4 Å². The van der Waals surface area contributed by atoms with Gasteiger partial charge in [0.15, 0.2) is 0 Å². The number of aliphatic hydroxyl groups excluding tert-OH is 1. The van der Waals surface area contributed by atoms with Crippen LogP contribution in [0.5, 0.6) is 0 Å². The second kappa shape index (κ2) is 12.7. The Bertz CT molecular complexity index is 1100. The van der Waals surface area contributed by atoms with Gasteiger partial charge in [0, 0.05) is 12.2 Å². The fraction of sp³-hybridized carbons (Fsp3) is 0.483. The number of carbonyl (C=O) groups excluding carboxylic acids is 3. The number of benzene rings is 2. The number of alkyl carbamates (subject to hydrolysis) is 1. The van der Waals surface area contributed by atoms with Gasteiger partial charge in [0.1, 0.15) is 17.7 Å². The molecule has 0 fully saturated rings. The fourth-order valence-electron chi connectivity index (χ4n) is 4.17. The van der Waals surface area contributed by atoms with Crippen LogP contribution < -0.4 is 10.6 Å². The van der Waals surface area contributed by atoms with Crippen LogP contribution in [0.25, 0.3) is 0 Å². The highest BCUT2D eigenvalue weighted by molar-refractivity contribution is 6.00. The molecule has 3 N–H and O–H groups in total. The SMILES string of the molecule is CCCN(C(=O)C(CO)NC(=O)OC(C)(C)C)C(C(=O)Nc1c(C)cccc1C)c1cccc(C)c1C. The molecule has 2 rings (SSSR count). The van der Waals surface area contributed by atoms with Crippen molar-refractivity contribution in [3.63, 3.8) is 0 Å². The number of hydrogen-bond donors (Lipinski definition) is 3. The first kappa shape index (κ1) is 29.8. The molecule has 0 spiro atoms. The van der Waals surface area contributed by atoms with E-state index in [-0.39, 0.29) is 12.5 Å². The van der Waals surface area contributed by atoms with Gasteiger partial charge in [-0.2, -0.15) is 0 Å². The zero-order valence-electron chi connectivity index (χ0n) is 23.3. The minimum atomic E-state index is -1.28. The highest BCUT2D eigenvalue weighted by Gasteiger charge is 2.36. The molecule has 0 aromatic heterocycles. The number of ether oxygens (including phenoxy) is 1. The molecule has 2 aromatic rings. The van der Waals surface area contributed by atoms with Crippen molar-refractivity contribution in [2.24, 2.45) is 0 Å². The van der Waals surface area contributed by atoms with Crippen molar-refractivity contribution in [3.8, 4) is 0 Å². The van der Waals surface area contributed by atoms with Crippen molar-refractivity contribution in [1.82, 2.24) is 10.2 Å². The number of hydrogen-bond acceptors (Lipinski definition) is 5. The number of para-hydroxylation sites is 1. The zero-order chi connectivity index (χ0) is 27.9. The summed E-state index contributed by atoms with van der Waals surface area (Å²) < 4.78 is 5.28. The Kier molecular flexibility index (Phi) is 10.3. The number of nitrogens with zero attached hydrogens (tertiary/aromatic N) is 1. The second-order valence-corrected chi connectivity index (χ2v) is 10.4. The largest absolute Gasteiger partial charge is 0.444 e. The molecule has 37 heavy (non-hydrogen) atoms. The van der Waals surface area contributed by atoms with Crippen molar-refractivity contribution in [1.29, 1.82) is 0 Å². The van der Waals surface area contributed by atoms with Gasteiger partial charge in [0.25, 0.3) is 5.91 Å². The van der Waals surface area contributed by atoms with Gasteiger partial charge in [-0.05, 0) is 82.7 Å². The standard InChI is InChI=1S/C29H41N3O5/c1-9-16-32(27(35)23(17-33)30-28(36)37-29(6,7)8)25(22-15-11-12-18(2)21(22)5)26(34)31-24-19(3)13-10-14-20(24)4/h10-15,23,25,33H,9,16-17H2,1-8H3,(H,30,36)(H,31,34). The number of rotatable bonds is 9. The maximum atomic E-state index is 13.9. The van der Waals surface area contributed by atoms with E-state index in [0.717, 1.165) is 22.3 Å². The Morgan fingerprint density at radius 3 is 2.08 bits per heavy atom. The van der Waals surface area contributed by atoms with E-state index in [0.29, 0.717) is 17.7 Å². The minimum Gasteiger partial charge on any atom is -0.444 e. The van der Waals surface area contributed by atoms with Gasteiger partial charge in [0.2, 0.25) is 5.91 Å². The lowest BCUT2D eigenvalue weighted by Crippen LogP contribution is -2.54. The molecule has 2 atom stereocenters. The molecule has 0 aliphatic rings. The molecule has 2 unspecified atom stereocenters. The predicted octanol–water partition coefficient (Wildman–Crippen LogP) is 4.72. The van der Waals surface area contributed by atoms with Crippen molar-refractivity contribution < 1.29 is 24.2 Å². The number of nitrogens with one attached hydrogen (secondary N) is 2. The fourth-order valence-corrected chi connectivity index (χ4v) is 4.17. The first-order valence-electron chi connectivity index (χ1n) is 12.6. The van der Waals surface area contributed by atoms with Crippen LogP contribution >= 0.6 is 0 Å². The van der Waals surface area contributed by atoms with Crippen LogP contribution in [0.2, 0.25) is 0 Å². The highest BCUT2D eigenvalue weighted by atomic mass is 16.6. The minimum absolute atomic E-state index is 0.240. The summed E-state index contributed by atoms with van der Waals surface area (Å²) in [5.41, 5.74) is 4.28. The van der Waals surface area contributed by atoms with E-state index in [9.17, 15) is 19.5 Å². The van der Waals surface area contributed by atoms with Crippen LogP contribution in [0.4, 0.5) is 10.5 Å². The van der Waals surface area contributed by atoms with Crippen LogP contribution in [0.1, 0.15) is 68.0 Å².